The van der Waals surface area contributed by atoms with Crippen LogP contribution >= 0.6 is 0 Å². The molecule has 2 heterocycles. The topological polar surface area (TPSA) is 55.0 Å². The number of hydrogen-bond donors (Lipinski definition) is 1. The van der Waals surface area contributed by atoms with E-state index in [0.717, 1.165) is 18.9 Å². The molecule has 0 atom stereocenters. The summed E-state index contributed by atoms with van der Waals surface area (Å²) in [4.78, 5) is 9.32. The van der Waals surface area contributed by atoms with Gasteiger partial charge in [0.25, 0.3) is 0 Å². The van der Waals surface area contributed by atoms with Crippen molar-refractivity contribution in [3.05, 3.63) is 17.6 Å². The molecule has 1 aromatic rings. The van der Waals surface area contributed by atoms with Crippen LogP contribution in [0, 0.1) is 6.92 Å². The van der Waals surface area contributed by atoms with E-state index in [2.05, 4.69) is 9.97 Å². The average Bonchev–Trinajstić information content (AvgIpc) is 2.28. The molecule has 0 radical (unpaired) electrons. The van der Waals surface area contributed by atoms with Crippen LogP contribution in [0.15, 0.2) is 6.07 Å². The zero-order chi connectivity index (χ0) is 13.3. The number of rotatable bonds is 1. The molecule has 0 bridgehead atoms. The highest BCUT2D eigenvalue weighted by atomic mass is 19.4. The van der Waals surface area contributed by atoms with E-state index in [-0.39, 0.29) is 11.9 Å². The van der Waals surface area contributed by atoms with E-state index in [0.29, 0.717) is 18.9 Å². The minimum absolute atomic E-state index is 0.131. The summed E-state index contributed by atoms with van der Waals surface area (Å²) in [6, 6.07) is 1.13. The van der Waals surface area contributed by atoms with Crippen LogP contribution in [0.3, 0.4) is 0 Å². The van der Waals surface area contributed by atoms with Crippen molar-refractivity contribution in [3.63, 3.8) is 0 Å². The third kappa shape index (κ3) is 2.90. The first-order valence-electron chi connectivity index (χ1n) is 5.79. The molecule has 1 aliphatic rings. The van der Waals surface area contributed by atoms with Gasteiger partial charge in [0, 0.05) is 25.2 Å². The standard InChI is InChI=1S/C11H15F3N4/c1-7-16-9(11(12,13)14)6-10(17-7)18-4-2-8(15)3-5-18/h6,8H,2-5,15H2,1H3. The Balaban J connectivity index is 2.25. The van der Waals surface area contributed by atoms with E-state index in [1.807, 2.05) is 4.90 Å². The van der Waals surface area contributed by atoms with Gasteiger partial charge in [-0.2, -0.15) is 13.2 Å². The van der Waals surface area contributed by atoms with Gasteiger partial charge in [0.1, 0.15) is 17.3 Å². The summed E-state index contributed by atoms with van der Waals surface area (Å²) in [5.74, 6) is 0.469. The molecular formula is C11H15F3N4. The third-order valence-corrected chi connectivity index (χ3v) is 2.98. The summed E-state index contributed by atoms with van der Waals surface area (Å²) in [7, 11) is 0. The lowest BCUT2D eigenvalue weighted by molar-refractivity contribution is -0.141. The lowest BCUT2D eigenvalue weighted by Gasteiger charge is -2.31. The van der Waals surface area contributed by atoms with E-state index in [1.165, 1.54) is 6.92 Å². The summed E-state index contributed by atoms with van der Waals surface area (Å²) < 4.78 is 37.9. The van der Waals surface area contributed by atoms with Crippen molar-refractivity contribution in [1.29, 1.82) is 0 Å². The summed E-state index contributed by atoms with van der Waals surface area (Å²) in [5, 5.41) is 0. The van der Waals surface area contributed by atoms with Gasteiger partial charge in [-0.25, -0.2) is 9.97 Å². The van der Waals surface area contributed by atoms with Gasteiger partial charge in [0.2, 0.25) is 0 Å². The predicted molar refractivity (Wildman–Crippen MR) is 61.2 cm³/mol. The number of nitrogens with zero attached hydrogens (tertiary/aromatic N) is 3. The molecule has 0 spiro atoms. The molecule has 0 amide bonds. The molecule has 2 N–H and O–H groups in total. The van der Waals surface area contributed by atoms with Crippen molar-refractivity contribution in [1.82, 2.24) is 9.97 Å². The van der Waals surface area contributed by atoms with Gasteiger partial charge >= 0.3 is 6.18 Å². The zero-order valence-electron chi connectivity index (χ0n) is 10.0. The maximum absolute atomic E-state index is 12.6. The molecule has 0 aromatic carbocycles. The second-order valence-corrected chi connectivity index (χ2v) is 4.48. The maximum Gasteiger partial charge on any atom is 0.433 e. The van der Waals surface area contributed by atoms with Crippen LogP contribution in [0.2, 0.25) is 0 Å². The van der Waals surface area contributed by atoms with Gasteiger partial charge < -0.3 is 10.6 Å². The molecule has 4 nitrogen and oxygen atoms in total. The Labute approximate surface area is 103 Å². The molecule has 1 aromatic heterocycles. The minimum Gasteiger partial charge on any atom is -0.356 e. The van der Waals surface area contributed by atoms with Gasteiger partial charge in [0.05, 0.1) is 0 Å². The van der Waals surface area contributed by atoms with Crippen molar-refractivity contribution >= 4 is 5.82 Å². The van der Waals surface area contributed by atoms with Crippen LogP contribution in [0.25, 0.3) is 0 Å². The first-order valence-corrected chi connectivity index (χ1v) is 5.79. The lowest BCUT2D eigenvalue weighted by Crippen LogP contribution is -2.40. The Bertz CT molecular complexity index is 425. The summed E-state index contributed by atoms with van der Waals surface area (Å²) in [5.41, 5.74) is 4.88. The van der Waals surface area contributed by atoms with Crippen LogP contribution in [-0.2, 0) is 6.18 Å². The smallest absolute Gasteiger partial charge is 0.356 e. The molecule has 1 aliphatic heterocycles. The molecule has 1 saturated heterocycles. The largest absolute Gasteiger partial charge is 0.433 e. The fourth-order valence-corrected chi connectivity index (χ4v) is 1.99. The Morgan fingerprint density at radius 1 is 1.28 bits per heavy atom. The number of anilines is 1. The Hall–Kier alpha value is -1.37. The van der Waals surface area contributed by atoms with E-state index in [4.69, 9.17) is 5.73 Å². The summed E-state index contributed by atoms with van der Waals surface area (Å²) in [6.45, 7) is 2.73. The number of piperidine rings is 1. The number of nitrogens with two attached hydrogens (primary N) is 1. The lowest BCUT2D eigenvalue weighted by atomic mass is 10.1. The quantitative estimate of drug-likeness (QED) is 0.835. The third-order valence-electron chi connectivity index (χ3n) is 2.98. The molecule has 1 fully saturated rings. The Morgan fingerprint density at radius 2 is 1.89 bits per heavy atom. The second kappa shape index (κ2) is 4.72. The van der Waals surface area contributed by atoms with E-state index in [9.17, 15) is 13.2 Å². The monoisotopic (exact) mass is 260 g/mol. The van der Waals surface area contributed by atoms with Crippen molar-refractivity contribution in [2.45, 2.75) is 32.0 Å². The average molecular weight is 260 g/mol. The molecular weight excluding hydrogens is 245 g/mol. The molecule has 7 heteroatoms. The van der Waals surface area contributed by atoms with Gasteiger partial charge in [-0.1, -0.05) is 0 Å². The van der Waals surface area contributed by atoms with Crippen LogP contribution in [0.5, 0.6) is 0 Å². The molecule has 100 valence electrons. The minimum atomic E-state index is -4.44. The first-order chi connectivity index (χ1) is 8.36. The fraction of sp³-hybridized carbons (Fsp3) is 0.636. The number of halogens is 3. The van der Waals surface area contributed by atoms with Gasteiger partial charge in [-0.05, 0) is 19.8 Å². The maximum atomic E-state index is 12.6. The highest BCUT2D eigenvalue weighted by Gasteiger charge is 2.34. The first kappa shape index (κ1) is 13.1. The predicted octanol–water partition coefficient (Wildman–Crippen LogP) is 1.73. The van der Waals surface area contributed by atoms with Gasteiger partial charge in [-0.15, -0.1) is 0 Å². The number of aryl methyl sites for hydroxylation is 1. The summed E-state index contributed by atoms with van der Waals surface area (Å²) >= 11 is 0. The van der Waals surface area contributed by atoms with Crippen molar-refractivity contribution in [2.75, 3.05) is 18.0 Å². The van der Waals surface area contributed by atoms with E-state index < -0.39 is 11.9 Å². The van der Waals surface area contributed by atoms with Gasteiger partial charge in [0.15, 0.2) is 0 Å². The fourth-order valence-electron chi connectivity index (χ4n) is 1.99. The normalized spacial score (nSPS) is 18.2. The van der Waals surface area contributed by atoms with Crippen LogP contribution < -0.4 is 10.6 Å². The van der Waals surface area contributed by atoms with Crippen LogP contribution in [0.1, 0.15) is 24.4 Å². The highest BCUT2D eigenvalue weighted by molar-refractivity contribution is 5.41. The number of alkyl halides is 3. The molecule has 0 saturated carbocycles. The van der Waals surface area contributed by atoms with Crippen molar-refractivity contribution in [2.24, 2.45) is 5.73 Å². The number of hydrogen-bond acceptors (Lipinski definition) is 4. The Morgan fingerprint density at radius 3 is 2.44 bits per heavy atom. The SMILES string of the molecule is Cc1nc(N2CCC(N)CC2)cc(C(F)(F)F)n1. The zero-order valence-corrected chi connectivity index (χ0v) is 10.0. The molecule has 18 heavy (non-hydrogen) atoms. The van der Waals surface area contributed by atoms with Crippen LogP contribution in [-0.4, -0.2) is 29.1 Å². The molecule has 0 unspecified atom stereocenters. The molecule has 2 rings (SSSR count). The van der Waals surface area contributed by atoms with Crippen molar-refractivity contribution < 1.29 is 13.2 Å². The summed E-state index contributed by atoms with van der Waals surface area (Å²) in [6.07, 6.45) is -2.90. The van der Waals surface area contributed by atoms with E-state index in [1.54, 1.807) is 0 Å². The van der Waals surface area contributed by atoms with Crippen LogP contribution in [0.4, 0.5) is 19.0 Å². The van der Waals surface area contributed by atoms with E-state index >= 15 is 0 Å². The van der Waals surface area contributed by atoms with Gasteiger partial charge in [-0.3, -0.25) is 0 Å². The Kier molecular flexibility index (Phi) is 3.43. The highest BCUT2D eigenvalue weighted by Crippen LogP contribution is 2.30. The molecule has 0 aliphatic carbocycles. The second-order valence-electron chi connectivity index (χ2n) is 4.48. The number of aromatic nitrogens is 2. The van der Waals surface area contributed by atoms with Crippen molar-refractivity contribution in [3.8, 4) is 0 Å².